The van der Waals surface area contributed by atoms with Gasteiger partial charge < -0.3 is 4.57 Å². The molecule has 0 fully saturated rings. The van der Waals surface area contributed by atoms with Gasteiger partial charge in [0.2, 0.25) is 0 Å². The van der Waals surface area contributed by atoms with E-state index in [9.17, 15) is 4.39 Å². The van der Waals surface area contributed by atoms with E-state index >= 15 is 0 Å². The second-order valence-corrected chi connectivity index (χ2v) is 6.37. The van der Waals surface area contributed by atoms with Crippen LogP contribution >= 0.6 is 22.9 Å². The van der Waals surface area contributed by atoms with E-state index in [4.69, 9.17) is 11.6 Å². The van der Waals surface area contributed by atoms with Crippen LogP contribution in [0.4, 0.5) is 4.39 Å². The summed E-state index contributed by atoms with van der Waals surface area (Å²) in [5.41, 5.74) is 4.02. The molecule has 0 amide bonds. The first-order valence-corrected chi connectivity index (χ1v) is 8.27. The van der Waals surface area contributed by atoms with Crippen LogP contribution in [0.5, 0.6) is 0 Å². The van der Waals surface area contributed by atoms with Crippen molar-refractivity contribution >= 4 is 34.0 Å². The highest BCUT2D eigenvalue weighted by molar-refractivity contribution is 7.13. The standard InChI is InChI=1S/C17H11ClFN3S/c18-12-4-3-5-13(19)11(12)9-22-15-7-2-1-6-14(15)21-17(22)16-8-20-10-23-16/h1-8,10H,9H2. The summed E-state index contributed by atoms with van der Waals surface area (Å²) in [5.74, 6) is 0.457. The Bertz CT molecular complexity index is 959. The van der Waals surface area contributed by atoms with Crippen molar-refractivity contribution in [1.82, 2.24) is 14.5 Å². The minimum atomic E-state index is -0.314. The molecule has 0 atom stereocenters. The topological polar surface area (TPSA) is 30.7 Å². The third-order valence-electron chi connectivity index (χ3n) is 3.69. The molecule has 0 unspecified atom stereocenters. The van der Waals surface area contributed by atoms with Crippen LogP contribution in [0.15, 0.2) is 54.2 Å². The number of aromatic nitrogens is 3. The zero-order valence-electron chi connectivity index (χ0n) is 11.9. The summed E-state index contributed by atoms with van der Waals surface area (Å²) in [6.07, 6.45) is 1.77. The van der Waals surface area contributed by atoms with E-state index in [2.05, 4.69) is 9.97 Å². The molecule has 23 heavy (non-hydrogen) atoms. The Hall–Kier alpha value is -2.24. The monoisotopic (exact) mass is 343 g/mol. The number of nitrogens with zero attached hydrogens (tertiary/aromatic N) is 3. The molecule has 2 heterocycles. The number of hydrogen-bond donors (Lipinski definition) is 0. The Kier molecular flexibility index (Phi) is 3.59. The summed E-state index contributed by atoms with van der Waals surface area (Å²) >= 11 is 7.69. The molecule has 4 aromatic rings. The molecule has 0 N–H and O–H groups in total. The van der Waals surface area contributed by atoms with E-state index in [0.29, 0.717) is 17.1 Å². The van der Waals surface area contributed by atoms with Gasteiger partial charge in [-0.3, -0.25) is 4.98 Å². The molecule has 0 spiro atoms. The largest absolute Gasteiger partial charge is 0.319 e. The number of imidazole rings is 1. The molecule has 6 heteroatoms. The van der Waals surface area contributed by atoms with Gasteiger partial charge in [-0.25, -0.2) is 9.37 Å². The van der Waals surface area contributed by atoms with Crippen LogP contribution in [0, 0.1) is 5.82 Å². The van der Waals surface area contributed by atoms with Gasteiger partial charge in [-0.1, -0.05) is 29.8 Å². The van der Waals surface area contributed by atoms with Gasteiger partial charge in [-0.05, 0) is 24.3 Å². The van der Waals surface area contributed by atoms with E-state index < -0.39 is 0 Å². The SMILES string of the molecule is Fc1cccc(Cl)c1Cn1c(-c2cncs2)nc2ccccc21. The Morgan fingerprint density at radius 1 is 1.13 bits per heavy atom. The van der Waals surface area contributed by atoms with Gasteiger partial charge in [-0.15, -0.1) is 11.3 Å². The van der Waals surface area contributed by atoms with Crippen molar-refractivity contribution in [3.63, 3.8) is 0 Å². The van der Waals surface area contributed by atoms with Gasteiger partial charge in [0.25, 0.3) is 0 Å². The molecular formula is C17H11ClFN3S. The second-order valence-electron chi connectivity index (χ2n) is 5.08. The van der Waals surface area contributed by atoms with Crippen LogP contribution in [0.2, 0.25) is 5.02 Å². The van der Waals surface area contributed by atoms with Gasteiger partial charge in [0, 0.05) is 16.8 Å². The Morgan fingerprint density at radius 3 is 2.78 bits per heavy atom. The molecule has 2 aromatic heterocycles. The first-order chi connectivity index (χ1) is 11.2. The van der Waals surface area contributed by atoms with Crippen molar-refractivity contribution in [1.29, 1.82) is 0 Å². The van der Waals surface area contributed by atoms with E-state index in [1.807, 2.05) is 28.8 Å². The van der Waals surface area contributed by atoms with Crippen LogP contribution in [0.25, 0.3) is 21.7 Å². The van der Waals surface area contributed by atoms with E-state index in [1.165, 1.54) is 17.4 Å². The normalized spacial score (nSPS) is 11.2. The van der Waals surface area contributed by atoms with Gasteiger partial charge in [0.1, 0.15) is 5.82 Å². The smallest absolute Gasteiger partial charge is 0.153 e. The summed E-state index contributed by atoms with van der Waals surface area (Å²) < 4.78 is 16.2. The van der Waals surface area contributed by atoms with Crippen molar-refractivity contribution in [3.05, 3.63) is 70.6 Å². The van der Waals surface area contributed by atoms with Crippen LogP contribution in [-0.4, -0.2) is 14.5 Å². The molecule has 0 aliphatic heterocycles. The fourth-order valence-electron chi connectivity index (χ4n) is 2.59. The third kappa shape index (κ3) is 2.52. The quantitative estimate of drug-likeness (QED) is 0.524. The van der Waals surface area contributed by atoms with E-state index in [1.54, 1.807) is 23.8 Å². The summed E-state index contributed by atoms with van der Waals surface area (Å²) in [4.78, 5) is 9.73. The lowest BCUT2D eigenvalue weighted by molar-refractivity contribution is 0.602. The molecular weight excluding hydrogens is 333 g/mol. The summed E-state index contributed by atoms with van der Waals surface area (Å²) in [6, 6.07) is 12.5. The number of para-hydroxylation sites is 2. The highest BCUT2D eigenvalue weighted by atomic mass is 35.5. The molecule has 0 radical (unpaired) electrons. The number of thiazole rings is 1. The molecule has 2 aromatic carbocycles. The molecule has 0 bridgehead atoms. The van der Waals surface area contributed by atoms with Gasteiger partial charge in [0.15, 0.2) is 5.82 Å². The first-order valence-electron chi connectivity index (χ1n) is 7.01. The van der Waals surface area contributed by atoms with E-state index in [-0.39, 0.29) is 5.82 Å². The lowest BCUT2D eigenvalue weighted by Gasteiger charge is -2.10. The third-order valence-corrected chi connectivity index (χ3v) is 4.81. The molecule has 3 nitrogen and oxygen atoms in total. The van der Waals surface area contributed by atoms with Crippen molar-refractivity contribution in [2.24, 2.45) is 0 Å². The van der Waals surface area contributed by atoms with Gasteiger partial charge >= 0.3 is 0 Å². The molecule has 0 aliphatic carbocycles. The van der Waals surface area contributed by atoms with Gasteiger partial charge in [-0.2, -0.15) is 0 Å². The number of halogens is 2. The van der Waals surface area contributed by atoms with Crippen molar-refractivity contribution in [2.75, 3.05) is 0 Å². The molecule has 0 saturated heterocycles. The molecule has 114 valence electrons. The number of fused-ring (bicyclic) bond motifs is 1. The Balaban J connectivity index is 1.93. The summed E-state index contributed by atoms with van der Waals surface area (Å²) in [5, 5.41) is 0.415. The van der Waals surface area contributed by atoms with Gasteiger partial charge in [0.05, 0.1) is 28.0 Å². The predicted octanol–water partition coefficient (Wildman–Crippen LogP) is 5.00. The molecule has 0 saturated carbocycles. The lowest BCUT2D eigenvalue weighted by atomic mass is 10.2. The maximum Gasteiger partial charge on any atom is 0.153 e. The fraction of sp³-hybridized carbons (Fsp3) is 0.0588. The highest BCUT2D eigenvalue weighted by Gasteiger charge is 2.16. The van der Waals surface area contributed by atoms with Crippen LogP contribution in [0.1, 0.15) is 5.56 Å². The van der Waals surface area contributed by atoms with Crippen LogP contribution in [-0.2, 0) is 6.54 Å². The minimum Gasteiger partial charge on any atom is -0.319 e. The van der Waals surface area contributed by atoms with E-state index in [0.717, 1.165) is 21.7 Å². The highest BCUT2D eigenvalue weighted by Crippen LogP contribution is 2.30. The zero-order valence-corrected chi connectivity index (χ0v) is 13.5. The Morgan fingerprint density at radius 2 is 2.00 bits per heavy atom. The number of hydrogen-bond acceptors (Lipinski definition) is 3. The molecule has 0 aliphatic rings. The minimum absolute atomic E-state index is 0.314. The number of rotatable bonds is 3. The summed E-state index contributed by atoms with van der Waals surface area (Å²) in [7, 11) is 0. The maximum atomic E-state index is 14.2. The average molecular weight is 344 g/mol. The van der Waals surface area contributed by atoms with Crippen molar-refractivity contribution in [2.45, 2.75) is 6.54 Å². The predicted molar refractivity (Wildman–Crippen MR) is 91.4 cm³/mol. The average Bonchev–Trinajstić information content (AvgIpc) is 3.19. The lowest BCUT2D eigenvalue weighted by Crippen LogP contribution is -2.04. The second kappa shape index (κ2) is 5.76. The van der Waals surface area contributed by atoms with Crippen LogP contribution < -0.4 is 0 Å². The number of benzene rings is 2. The van der Waals surface area contributed by atoms with Crippen molar-refractivity contribution in [3.8, 4) is 10.7 Å². The summed E-state index contributed by atoms with van der Waals surface area (Å²) in [6.45, 7) is 0.319. The van der Waals surface area contributed by atoms with Crippen molar-refractivity contribution < 1.29 is 4.39 Å². The maximum absolute atomic E-state index is 14.2. The fourth-order valence-corrected chi connectivity index (χ4v) is 3.43. The zero-order chi connectivity index (χ0) is 15.8. The molecule has 4 rings (SSSR count). The van der Waals surface area contributed by atoms with Crippen LogP contribution in [0.3, 0.4) is 0 Å². The first kappa shape index (κ1) is 14.4. The Labute approximate surface area is 141 Å².